The zero-order valence-electron chi connectivity index (χ0n) is 9.53. The van der Waals surface area contributed by atoms with Gasteiger partial charge in [0.25, 0.3) is 0 Å². The lowest BCUT2D eigenvalue weighted by Crippen LogP contribution is -2.44. The molecular formula is C12H17FN2O. The van der Waals surface area contributed by atoms with E-state index in [-0.39, 0.29) is 5.83 Å². The first-order valence-electron chi connectivity index (χ1n) is 5.28. The summed E-state index contributed by atoms with van der Waals surface area (Å²) in [5.74, 6) is -0.231. The van der Waals surface area contributed by atoms with Gasteiger partial charge in [-0.15, -0.1) is 0 Å². The molecule has 0 spiro atoms. The average molecular weight is 224 g/mol. The zero-order valence-corrected chi connectivity index (χ0v) is 9.53. The van der Waals surface area contributed by atoms with Gasteiger partial charge >= 0.3 is 0 Å². The Morgan fingerprint density at radius 3 is 2.38 bits per heavy atom. The van der Waals surface area contributed by atoms with Crippen molar-refractivity contribution >= 4 is 6.41 Å². The minimum absolute atomic E-state index is 0.231. The van der Waals surface area contributed by atoms with Crippen LogP contribution in [0.5, 0.6) is 0 Å². The summed E-state index contributed by atoms with van der Waals surface area (Å²) >= 11 is 0. The summed E-state index contributed by atoms with van der Waals surface area (Å²) in [7, 11) is 0. The zero-order chi connectivity index (χ0) is 12.0. The minimum atomic E-state index is -0.231. The Morgan fingerprint density at radius 2 is 1.94 bits per heavy atom. The molecule has 1 heterocycles. The molecule has 1 rings (SSSR count). The van der Waals surface area contributed by atoms with Gasteiger partial charge in [0, 0.05) is 31.9 Å². The molecule has 0 N–H and O–H groups in total. The lowest BCUT2D eigenvalue weighted by atomic mass is 10.2. The van der Waals surface area contributed by atoms with Gasteiger partial charge in [-0.2, -0.15) is 0 Å². The minimum Gasteiger partial charge on any atom is -0.368 e. The first-order chi connectivity index (χ1) is 7.67. The Labute approximate surface area is 95.5 Å². The number of carbonyl (C=O) groups excluding carboxylic acids is 1. The molecule has 0 aromatic heterocycles. The maximum atomic E-state index is 12.9. The summed E-state index contributed by atoms with van der Waals surface area (Å²) in [6.45, 7) is 7.83. The van der Waals surface area contributed by atoms with Crippen LogP contribution in [0.2, 0.25) is 0 Å². The lowest BCUT2D eigenvalue weighted by molar-refractivity contribution is -0.119. The fraction of sp³-hybridized carbons (Fsp3) is 0.417. The van der Waals surface area contributed by atoms with E-state index in [0.717, 1.165) is 25.2 Å². The predicted octanol–water partition coefficient (Wildman–Crippen LogP) is 1.70. The van der Waals surface area contributed by atoms with Gasteiger partial charge in [0.2, 0.25) is 6.41 Å². The van der Waals surface area contributed by atoms with Crippen LogP contribution in [0.3, 0.4) is 0 Å². The van der Waals surface area contributed by atoms with Crippen LogP contribution < -0.4 is 0 Å². The van der Waals surface area contributed by atoms with E-state index in [1.165, 1.54) is 13.0 Å². The van der Waals surface area contributed by atoms with Crippen LogP contribution in [0, 0.1) is 0 Å². The Balaban J connectivity index is 2.68. The number of hydrogen-bond acceptors (Lipinski definition) is 2. The third kappa shape index (κ3) is 3.53. The van der Waals surface area contributed by atoms with Gasteiger partial charge < -0.3 is 9.80 Å². The Hall–Kier alpha value is -1.58. The number of rotatable bonds is 4. The van der Waals surface area contributed by atoms with Crippen molar-refractivity contribution in [2.24, 2.45) is 0 Å². The molecule has 1 aliphatic rings. The molecule has 1 amide bonds. The quantitative estimate of drug-likeness (QED) is 0.536. The van der Waals surface area contributed by atoms with Crippen LogP contribution in [-0.2, 0) is 4.79 Å². The normalized spacial score (nSPS) is 18.6. The first kappa shape index (κ1) is 12.5. The van der Waals surface area contributed by atoms with Crippen molar-refractivity contribution in [1.82, 2.24) is 9.80 Å². The van der Waals surface area contributed by atoms with Crippen LogP contribution >= 0.6 is 0 Å². The monoisotopic (exact) mass is 224 g/mol. The highest BCUT2D eigenvalue weighted by Crippen LogP contribution is 2.12. The molecule has 1 fully saturated rings. The smallest absolute Gasteiger partial charge is 0.209 e. The van der Waals surface area contributed by atoms with Gasteiger partial charge in [-0.3, -0.25) is 4.79 Å². The third-order valence-electron chi connectivity index (χ3n) is 2.46. The van der Waals surface area contributed by atoms with E-state index in [0.29, 0.717) is 13.1 Å². The van der Waals surface area contributed by atoms with Crippen LogP contribution in [0.15, 0.2) is 36.3 Å². The van der Waals surface area contributed by atoms with E-state index < -0.39 is 0 Å². The molecule has 1 aliphatic heterocycles. The molecule has 0 unspecified atom stereocenters. The summed E-state index contributed by atoms with van der Waals surface area (Å²) in [5.41, 5.74) is 0.806. The molecule has 3 nitrogen and oxygen atoms in total. The molecule has 0 bridgehead atoms. The number of halogens is 1. The van der Waals surface area contributed by atoms with Crippen LogP contribution in [-0.4, -0.2) is 42.4 Å². The van der Waals surface area contributed by atoms with Gasteiger partial charge in [-0.1, -0.05) is 12.7 Å². The van der Waals surface area contributed by atoms with E-state index in [1.54, 1.807) is 17.1 Å². The summed E-state index contributed by atoms with van der Waals surface area (Å²) in [5, 5.41) is 0. The van der Waals surface area contributed by atoms with E-state index in [1.807, 2.05) is 4.90 Å². The first-order valence-corrected chi connectivity index (χ1v) is 5.28. The molecule has 0 aliphatic carbocycles. The SMILES string of the molecule is C=C/C=C(\C=C(/C)F)N1CCN(C=O)CC1. The third-order valence-corrected chi connectivity index (χ3v) is 2.46. The standard InChI is InChI=1S/C12H17FN2O/c1-3-4-12(9-11(2)13)15-7-5-14(10-16)6-8-15/h3-4,9-10H,1,5-8H2,2H3/b11-9+,12-4+. The summed E-state index contributed by atoms with van der Waals surface area (Å²) in [6, 6.07) is 0. The predicted molar refractivity (Wildman–Crippen MR) is 62.4 cm³/mol. The molecule has 88 valence electrons. The van der Waals surface area contributed by atoms with Gasteiger partial charge in [0.15, 0.2) is 0 Å². The second kappa shape index (κ2) is 6.10. The molecule has 16 heavy (non-hydrogen) atoms. The van der Waals surface area contributed by atoms with Gasteiger partial charge in [0.05, 0.1) is 5.83 Å². The molecule has 4 heteroatoms. The van der Waals surface area contributed by atoms with Crippen molar-refractivity contribution in [3.8, 4) is 0 Å². The van der Waals surface area contributed by atoms with E-state index in [9.17, 15) is 9.18 Å². The average Bonchev–Trinajstić information content (AvgIpc) is 2.28. The second-order valence-corrected chi connectivity index (χ2v) is 3.69. The maximum absolute atomic E-state index is 12.9. The number of allylic oxidation sites excluding steroid dienone is 4. The molecule has 0 atom stereocenters. The van der Waals surface area contributed by atoms with Crippen molar-refractivity contribution in [2.45, 2.75) is 6.92 Å². The number of carbonyl (C=O) groups is 1. The summed E-state index contributed by atoms with van der Waals surface area (Å²) in [4.78, 5) is 14.3. The Bertz CT molecular complexity index is 311. The highest BCUT2D eigenvalue weighted by atomic mass is 19.1. The molecule has 0 radical (unpaired) electrons. The van der Waals surface area contributed by atoms with Crippen molar-refractivity contribution in [1.29, 1.82) is 0 Å². The Morgan fingerprint density at radius 1 is 1.31 bits per heavy atom. The largest absolute Gasteiger partial charge is 0.368 e. The molecule has 0 saturated carbocycles. The number of nitrogens with zero attached hydrogens (tertiary/aromatic N) is 2. The highest BCUT2D eigenvalue weighted by molar-refractivity contribution is 5.47. The highest BCUT2D eigenvalue weighted by Gasteiger charge is 2.16. The lowest BCUT2D eigenvalue weighted by Gasteiger charge is -2.34. The Kier molecular flexibility index (Phi) is 4.76. The van der Waals surface area contributed by atoms with Crippen molar-refractivity contribution in [3.63, 3.8) is 0 Å². The van der Waals surface area contributed by atoms with Crippen molar-refractivity contribution in [2.75, 3.05) is 26.2 Å². The van der Waals surface area contributed by atoms with Gasteiger partial charge in [-0.25, -0.2) is 4.39 Å². The van der Waals surface area contributed by atoms with Crippen LogP contribution in [0.25, 0.3) is 0 Å². The van der Waals surface area contributed by atoms with Crippen molar-refractivity contribution in [3.05, 3.63) is 36.3 Å². The van der Waals surface area contributed by atoms with E-state index >= 15 is 0 Å². The summed E-state index contributed by atoms with van der Waals surface area (Å²) in [6.07, 6.45) is 5.75. The fourth-order valence-corrected chi connectivity index (χ4v) is 1.65. The molecule has 1 saturated heterocycles. The van der Waals surface area contributed by atoms with Crippen molar-refractivity contribution < 1.29 is 9.18 Å². The number of hydrogen-bond donors (Lipinski definition) is 0. The van der Waals surface area contributed by atoms with E-state index in [2.05, 4.69) is 6.58 Å². The number of amides is 1. The number of piperazine rings is 1. The maximum Gasteiger partial charge on any atom is 0.209 e. The van der Waals surface area contributed by atoms with Gasteiger partial charge in [0.1, 0.15) is 0 Å². The molecule has 0 aromatic carbocycles. The summed E-state index contributed by atoms with van der Waals surface area (Å²) < 4.78 is 12.9. The topological polar surface area (TPSA) is 23.6 Å². The van der Waals surface area contributed by atoms with Crippen LogP contribution in [0.1, 0.15) is 6.92 Å². The van der Waals surface area contributed by atoms with Gasteiger partial charge in [-0.05, 0) is 19.1 Å². The molecule has 0 aromatic rings. The fourth-order valence-electron chi connectivity index (χ4n) is 1.65. The second-order valence-electron chi connectivity index (χ2n) is 3.69. The molecular weight excluding hydrogens is 207 g/mol. The van der Waals surface area contributed by atoms with Crippen LogP contribution in [0.4, 0.5) is 4.39 Å². The van der Waals surface area contributed by atoms with E-state index in [4.69, 9.17) is 0 Å².